The highest BCUT2D eigenvalue weighted by atomic mass is 16.6. The van der Waals surface area contributed by atoms with E-state index in [1.54, 1.807) is 0 Å². The number of methoxy groups -OCH3 is 1. The number of carbonyl (C=O) groups excluding carboxylic acids is 2. The molecule has 1 heterocycles. The van der Waals surface area contributed by atoms with E-state index in [4.69, 9.17) is 4.74 Å². The molecule has 0 N–H and O–H groups in total. The Labute approximate surface area is 207 Å². The first-order valence-electron chi connectivity index (χ1n) is 11.7. The lowest BCUT2D eigenvalue weighted by Crippen LogP contribution is -2.33. The van der Waals surface area contributed by atoms with Crippen LogP contribution in [0.25, 0.3) is 5.57 Å². The van der Waals surface area contributed by atoms with Crippen LogP contribution in [-0.4, -0.2) is 23.8 Å². The third-order valence-corrected chi connectivity index (χ3v) is 7.44. The highest BCUT2D eigenvalue weighted by Crippen LogP contribution is 2.59. The molecule has 1 saturated heterocycles. The highest BCUT2D eigenvalue weighted by molar-refractivity contribution is 6.24. The molecule has 36 heavy (non-hydrogen) atoms. The Kier molecular flexibility index (Phi) is 5.07. The molecule has 0 radical (unpaired) electrons. The number of carbonyl (C=O) groups is 2. The van der Waals surface area contributed by atoms with Crippen LogP contribution < -0.4 is 9.64 Å². The van der Waals surface area contributed by atoms with Crippen molar-refractivity contribution in [1.82, 2.24) is 0 Å². The summed E-state index contributed by atoms with van der Waals surface area (Å²) in [5.41, 5.74) is 4.11. The van der Waals surface area contributed by atoms with Gasteiger partial charge in [0.15, 0.2) is 0 Å². The summed E-state index contributed by atoms with van der Waals surface area (Å²) in [7, 11) is 1.41. The number of nitro groups is 1. The van der Waals surface area contributed by atoms with E-state index in [0.29, 0.717) is 0 Å². The van der Waals surface area contributed by atoms with Gasteiger partial charge in [-0.15, -0.1) is 0 Å². The Bertz CT molecular complexity index is 1390. The fourth-order valence-electron chi connectivity index (χ4n) is 6.01. The Morgan fingerprint density at radius 1 is 0.833 bits per heavy atom. The van der Waals surface area contributed by atoms with Gasteiger partial charge in [0, 0.05) is 24.0 Å². The number of nitrogens with zero attached hydrogens (tertiary/aromatic N) is 2. The highest BCUT2D eigenvalue weighted by Gasteiger charge is 2.62. The molecule has 1 aliphatic heterocycles. The Morgan fingerprint density at radius 3 is 1.83 bits per heavy atom. The van der Waals surface area contributed by atoms with Crippen molar-refractivity contribution >= 4 is 28.8 Å². The van der Waals surface area contributed by atoms with Crippen molar-refractivity contribution < 1.29 is 19.2 Å². The maximum Gasteiger partial charge on any atom is 0.271 e. The summed E-state index contributed by atoms with van der Waals surface area (Å²) in [4.78, 5) is 39.5. The number of ether oxygens (including phenoxy) is 1. The van der Waals surface area contributed by atoms with Gasteiger partial charge in [-0.3, -0.25) is 19.7 Å². The van der Waals surface area contributed by atoms with Crippen LogP contribution in [0.4, 0.5) is 11.4 Å². The lowest BCUT2D eigenvalue weighted by Gasteiger charge is -2.22. The lowest BCUT2D eigenvalue weighted by molar-refractivity contribution is -0.384. The molecule has 4 atom stereocenters. The molecule has 1 saturated carbocycles. The average Bonchev–Trinajstić information content (AvgIpc) is 3.54. The summed E-state index contributed by atoms with van der Waals surface area (Å²) < 4.78 is 5.36. The predicted molar refractivity (Wildman–Crippen MR) is 134 cm³/mol. The predicted octanol–water partition coefficient (Wildman–Crippen LogP) is 5.03. The van der Waals surface area contributed by atoms with Crippen molar-refractivity contribution in [3.63, 3.8) is 0 Å². The SMILES string of the molecule is COc1ccc([N+](=O)[O-])cc1N1C(=O)[C@@H]2[C@@H](C1=O)[C@H]1C=C[C@@H]2C1=C(c1ccccc1)c1ccccc1. The summed E-state index contributed by atoms with van der Waals surface area (Å²) in [6, 6.07) is 24.0. The first-order chi connectivity index (χ1) is 17.5. The van der Waals surface area contributed by atoms with Crippen LogP contribution in [0.5, 0.6) is 5.75 Å². The standard InChI is InChI=1S/C29H22N2O5/c1-36-23-15-12-19(31(34)35)16-22(23)30-28(32)26-20-13-14-21(27(26)29(30)33)25(20)24(17-8-4-2-5-9-17)18-10-6-3-7-11-18/h2-16,20-21,26-27H,1H3/t20-,21+,26-,27-/m0/s1. The number of amides is 2. The molecule has 2 bridgehead atoms. The third-order valence-electron chi connectivity index (χ3n) is 7.44. The van der Waals surface area contributed by atoms with Gasteiger partial charge in [-0.25, -0.2) is 4.90 Å². The molecule has 2 amide bonds. The number of rotatable bonds is 5. The minimum absolute atomic E-state index is 0.118. The molecular formula is C29H22N2O5. The minimum Gasteiger partial charge on any atom is -0.495 e. The molecule has 3 aliphatic rings. The topological polar surface area (TPSA) is 89.8 Å². The molecule has 6 rings (SSSR count). The van der Waals surface area contributed by atoms with Gasteiger partial charge in [-0.1, -0.05) is 72.8 Å². The second-order valence-electron chi connectivity index (χ2n) is 9.18. The van der Waals surface area contributed by atoms with E-state index in [2.05, 4.69) is 0 Å². The lowest BCUT2D eigenvalue weighted by atomic mass is 9.85. The third kappa shape index (κ3) is 3.12. The van der Waals surface area contributed by atoms with Gasteiger partial charge in [0.25, 0.3) is 5.69 Å². The van der Waals surface area contributed by atoms with E-state index in [1.807, 2.05) is 72.8 Å². The van der Waals surface area contributed by atoms with Crippen molar-refractivity contribution in [2.24, 2.45) is 23.7 Å². The van der Waals surface area contributed by atoms with E-state index in [1.165, 1.54) is 25.3 Å². The zero-order valence-corrected chi connectivity index (χ0v) is 19.4. The average molecular weight is 479 g/mol. The minimum atomic E-state index is -0.561. The number of nitro benzene ring substituents is 1. The Morgan fingerprint density at radius 2 is 1.36 bits per heavy atom. The molecule has 7 heteroatoms. The summed E-state index contributed by atoms with van der Waals surface area (Å²) in [6.45, 7) is 0. The molecule has 2 fully saturated rings. The maximum atomic E-state index is 13.8. The summed E-state index contributed by atoms with van der Waals surface area (Å²) >= 11 is 0. The fraction of sp³-hybridized carbons (Fsp3) is 0.172. The number of fused-ring (bicyclic) bond motifs is 5. The van der Waals surface area contributed by atoms with Crippen molar-refractivity contribution in [2.45, 2.75) is 0 Å². The van der Waals surface area contributed by atoms with E-state index >= 15 is 0 Å². The van der Waals surface area contributed by atoms with Gasteiger partial charge in [0.05, 0.1) is 23.9 Å². The van der Waals surface area contributed by atoms with Gasteiger partial charge in [0.2, 0.25) is 11.8 Å². The van der Waals surface area contributed by atoms with E-state index in [9.17, 15) is 19.7 Å². The largest absolute Gasteiger partial charge is 0.495 e. The number of imide groups is 1. The first kappa shape index (κ1) is 22.0. The smallest absolute Gasteiger partial charge is 0.271 e. The molecule has 2 aliphatic carbocycles. The van der Waals surface area contributed by atoms with Crippen LogP contribution in [0.2, 0.25) is 0 Å². The van der Waals surface area contributed by atoms with E-state index < -0.39 is 16.8 Å². The summed E-state index contributed by atoms with van der Waals surface area (Å²) in [5.74, 6) is -2.05. The molecule has 7 nitrogen and oxygen atoms in total. The van der Waals surface area contributed by atoms with Gasteiger partial charge in [0.1, 0.15) is 11.4 Å². The number of benzene rings is 3. The second kappa shape index (κ2) is 8.30. The molecule has 0 aromatic heterocycles. The normalized spacial score (nSPS) is 23.8. The van der Waals surface area contributed by atoms with Crippen LogP contribution in [-0.2, 0) is 9.59 Å². The number of hydrogen-bond donors (Lipinski definition) is 0. The molecular weight excluding hydrogens is 456 g/mol. The van der Waals surface area contributed by atoms with E-state index in [-0.39, 0.29) is 40.8 Å². The van der Waals surface area contributed by atoms with Crippen molar-refractivity contribution in [3.05, 3.63) is 118 Å². The Hall–Kier alpha value is -4.52. The zero-order chi connectivity index (χ0) is 25.0. The summed E-state index contributed by atoms with van der Waals surface area (Å²) in [6.07, 6.45) is 4.07. The quantitative estimate of drug-likeness (QED) is 0.222. The zero-order valence-electron chi connectivity index (χ0n) is 19.4. The first-order valence-corrected chi connectivity index (χ1v) is 11.7. The molecule has 0 spiro atoms. The van der Waals surface area contributed by atoms with Gasteiger partial charge in [-0.05, 0) is 28.3 Å². The number of non-ortho nitro benzene ring substituents is 1. The fourth-order valence-corrected chi connectivity index (χ4v) is 6.01. The van der Waals surface area contributed by atoms with E-state index in [0.717, 1.165) is 27.2 Å². The molecule has 3 aromatic rings. The van der Waals surface area contributed by atoms with Crippen LogP contribution >= 0.6 is 0 Å². The van der Waals surface area contributed by atoms with Crippen molar-refractivity contribution in [1.29, 1.82) is 0 Å². The number of anilines is 1. The van der Waals surface area contributed by atoms with Gasteiger partial charge >= 0.3 is 0 Å². The second-order valence-corrected chi connectivity index (χ2v) is 9.18. The van der Waals surface area contributed by atoms with Crippen LogP contribution in [0.3, 0.4) is 0 Å². The Balaban J connectivity index is 1.48. The van der Waals surface area contributed by atoms with Crippen LogP contribution in [0, 0.1) is 33.8 Å². The summed E-state index contributed by atoms with van der Waals surface area (Å²) in [5, 5.41) is 11.4. The molecule has 178 valence electrons. The maximum absolute atomic E-state index is 13.8. The number of hydrogen-bond acceptors (Lipinski definition) is 5. The monoisotopic (exact) mass is 478 g/mol. The molecule has 3 aromatic carbocycles. The van der Waals surface area contributed by atoms with Crippen LogP contribution in [0.15, 0.2) is 96.6 Å². The van der Waals surface area contributed by atoms with Crippen LogP contribution in [0.1, 0.15) is 11.1 Å². The van der Waals surface area contributed by atoms with Gasteiger partial charge < -0.3 is 4.74 Å². The van der Waals surface area contributed by atoms with Crippen molar-refractivity contribution in [2.75, 3.05) is 12.0 Å². The number of allylic oxidation sites excluding steroid dienone is 3. The van der Waals surface area contributed by atoms with Crippen molar-refractivity contribution in [3.8, 4) is 5.75 Å². The molecule has 0 unspecified atom stereocenters. The van der Waals surface area contributed by atoms with Gasteiger partial charge in [-0.2, -0.15) is 0 Å².